The molecule has 0 aliphatic heterocycles. The third-order valence-electron chi connectivity index (χ3n) is 2.27. The van der Waals surface area contributed by atoms with Crippen molar-refractivity contribution in [1.82, 2.24) is 9.97 Å². The highest BCUT2D eigenvalue weighted by Crippen LogP contribution is 2.28. The molecule has 0 spiro atoms. The number of benzene rings is 1. The van der Waals surface area contributed by atoms with Crippen LogP contribution in [0.1, 0.15) is 25.5 Å². The van der Waals surface area contributed by atoms with Crippen molar-refractivity contribution in [2.24, 2.45) is 0 Å². The molecule has 15 heavy (non-hydrogen) atoms. The Morgan fingerprint density at radius 2 is 2.00 bits per heavy atom. The second-order valence-electron chi connectivity index (χ2n) is 3.76. The van der Waals surface area contributed by atoms with Crippen molar-refractivity contribution in [2.75, 3.05) is 5.73 Å². The maximum atomic E-state index is 5.69. The maximum Gasteiger partial charge on any atom is 0.220 e. The lowest BCUT2D eigenvalue weighted by Gasteiger charge is -2.09. The average Bonchev–Trinajstić information content (AvgIpc) is 2.18. The van der Waals surface area contributed by atoms with Crippen LogP contribution in [0.2, 0.25) is 0 Å². The summed E-state index contributed by atoms with van der Waals surface area (Å²) in [6.07, 6.45) is 0. The molecule has 0 atom stereocenters. The summed E-state index contributed by atoms with van der Waals surface area (Å²) >= 11 is 3.47. The number of aromatic nitrogens is 2. The monoisotopic (exact) mass is 265 g/mol. The Morgan fingerprint density at radius 1 is 1.27 bits per heavy atom. The van der Waals surface area contributed by atoms with Gasteiger partial charge in [0.1, 0.15) is 0 Å². The zero-order chi connectivity index (χ0) is 11.0. The van der Waals surface area contributed by atoms with Crippen LogP contribution in [0, 0.1) is 0 Å². The van der Waals surface area contributed by atoms with Gasteiger partial charge in [-0.2, -0.15) is 0 Å². The Morgan fingerprint density at radius 3 is 2.67 bits per heavy atom. The van der Waals surface area contributed by atoms with E-state index in [-0.39, 0.29) is 0 Å². The van der Waals surface area contributed by atoms with Crippen LogP contribution in [0.3, 0.4) is 0 Å². The number of para-hydroxylation sites is 1. The number of hydrogen-bond donors (Lipinski definition) is 1. The van der Waals surface area contributed by atoms with Crippen molar-refractivity contribution in [3.63, 3.8) is 0 Å². The summed E-state index contributed by atoms with van der Waals surface area (Å²) in [4.78, 5) is 8.53. The van der Waals surface area contributed by atoms with Crippen LogP contribution in [0.5, 0.6) is 0 Å². The van der Waals surface area contributed by atoms with Gasteiger partial charge in [-0.05, 0) is 27.9 Å². The number of nitrogens with two attached hydrogens (primary N) is 1. The van der Waals surface area contributed by atoms with E-state index in [2.05, 4.69) is 39.7 Å². The van der Waals surface area contributed by atoms with Gasteiger partial charge in [0.25, 0.3) is 0 Å². The van der Waals surface area contributed by atoms with Crippen molar-refractivity contribution >= 4 is 32.8 Å². The second-order valence-corrected chi connectivity index (χ2v) is 4.61. The molecule has 0 saturated carbocycles. The fourth-order valence-electron chi connectivity index (χ4n) is 1.60. The van der Waals surface area contributed by atoms with Gasteiger partial charge in [0.05, 0.1) is 11.2 Å². The molecule has 0 amide bonds. The number of nitrogen functional groups attached to an aromatic ring is 1. The number of halogens is 1. The zero-order valence-electron chi connectivity index (χ0n) is 8.66. The molecule has 1 aromatic carbocycles. The molecule has 2 N–H and O–H groups in total. The largest absolute Gasteiger partial charge is 0.368 e. The predicted octanol–water partition coefficient (Wildman–Crippen LogP) is 3.10. The minimum absolute atomic E-state index is 0.332. The van der Waals surface area contributed by atoms with Gasteiger partial charge in [-0.25, -0.2) is 9.97 Å². The normalized spacial score (nSPS) is 11.2. The lowest BCUT2D eigenvalue weighted by molar-refractivity contribution is 0.832. The number of anilines is 1. The first-order valence-electron chi connectivity index (χ1n) is 4.81. The first-order valence-corrected chi connectivity index (χ1v) is 5.60. The van der Waals surface area contributed by atoms with Gasteiger partial charge >= 0.3 is 0 Å². The van der Waals surface area contributed by atoms with E-state index in [4.69, 9.17) is 5.73 Å². The molecule has 2 aromatic rings. The van der Waals surface area contributed by atoms with Gasteiger partial charge in [-0.1, -0.05) is 26.0 Å². The Balaban J connectivity index is 2.86. The standard InChI is InChI=1S/C11H12BrN3/c1-6(2)9-7-4-3-5-8(12)10(7)15-11(13)14-9/h3-6H,1-2H3,(H2,13,14,15). The maximum absolute atomic E-state index is 5.69. The van der Waals surface area contributed by atoms with Gasteiger partial charge in [-0.3, -0.25) is 0 Å². The van der Waals surface area contributed by atoms with Crippen LogP contribution >= 0.6 is 15.9 Å². The second kappa shape index (κ2) is 3.77. The number of hydrogen-bond acceptors (Lipinski definition) is 3. The fourth-order valence-corrected chi connectivity index (χ4v) is 2.05. The lowest BCUT2D eigenvalue weighted by atomic mass is 10.1. The minimum atomic E-state index is 0.332. The molecule has 0 fully saturated rings. The molecule has 0 aliphatic rings. The molecular formula is C11H12BrN3. The molecule has 4 heteroatoms. The van der Waals surface area contributed by atoms with E-state index in [0.717, 1.165) is 21.1 Å². The van der Waals surface area contributed by atoms with Gasteiger partial charge in [-0.15, -0.1) is 0 Å². The quantitative estimate of drug-likeness (QED) is 0.862. The molecule has 3 nitrogen and oxygen atoms in total. The SMILES string of the molecule is CC(C)c1nc(N)nc2c(Br)cccc12. The van der Waals surface area contributed by atoms with Crippen molar-refractivity contribution in [3.05, 3.63) is 28.4 Å². The van der Waals surface area contributed by atoms with Crippen molar-refractivity contribution in [1.29, 1.82) is 0 Å². The van der Waals surface area contributed by atoms with Crippen molar-refractivity contribution in [3.8, 4) is 0 Å². The summed E-state index contributed by atoms with van der Waals surface area (Å²) in [5, 5.41) is 1.06. The summed E-state index contributed by atoms with van der Waals surface area (Å²) in [5.74, 6) is 0.671. The van der Waals surface area contributed by atoms with E-state index in [1.165, 1.54) is 0 Å². The molecule has 0 saturated heterocycles. The molecule has 0 radical (unpaired) electrons. The molecule has 0 aliphatic carbocycles. The highest BCUT2D eigenvalue weighted by Gasteiger charge is 2.10. The van der Waals surface area contributed by atoms with E-state index in [0.29, 0.717) is 11.9 Å². The van der Waals surface area contributed by atoms with E-state index < -0.39 is 0 Å². The predicted molar refractivity (Wildman–Crippen MR) is 65.7 cm³/mol. The third kappa shape index (κ3) is 1.81. The Kier molecular flexibility index (Phi) is 2.61. The summed E-state index contributed by atoms with van der Waals surface area (Å²) in [7, 11) is 0. The average molecular weight is 266 g/mol. The summed E-state index contributed by atoms with van der Waals surface area (Å²) in [5.41, 5.74) is 7.57. The fraction of sp³-hybridized carbons (Fsp3) is 0.273. The smallest absolute Gasteiger partial charge is 0.220 e. The van der Waals surface area contributed by atoms with E-state index in [1.54, 1.807) is 0 Å². The molecule has 78 valence electrons. The van der Waals surface area contributed by atoms with Gasteiger partial charge in [0.2, 0.25) is 5.95 Å². The van der Waals surface area contributed by atoms with Crippen LogP contribution in [-0.2, 0) is 0 Å². The number of rotatable bonds is 1. The van der Waals surface area contributed by atoms with Crippen LogP contribution in [0.4, 0.5) is 5.95 Å². The molecule has 1 aromatic heterocycles. The molecule has 2 rings (SSSR count). The number of fused-ring (bicyclic) bond motifs is 1. The van der Waals surface area contributed by atoms with Crippen LogP contribution in [0.25, 0.3) is 10.9 Å². The molecule has 0 unspecified atom stereocenters. The van der Waals surface area contributed by atoms with Crippen molar-refractivity contribution < 1.29 is 0 Å². The van der Waals surface area contributed by atoms with Crippen LogP contribution in [0.15, 0.2) is 22.7 Å². The van der Waals surface area contributed by atoms with Gasteiger partial charge < -0.3 is 5.73 Å². The van der Waals surface area contributed by atoms with E-state index in [1.807, 2.05) is 18.2 Å². The third-order valence-corrected chi connectivity index (χ3v) is 2.91. The molecule has 1 heterocycles. The van der Waals surface area contributed by atoms with E-state index in [9.17, 15) is 0 Å². The first kappa shape index (κ1) is 10.4. The van der Waals surface area contributed by atoms with Crippen LogP contribution < -0.4 is 5.73 Å². The van der Waals surface area contributed by atoms with Crippen molar-refractivity contribution in [2.45, 2.75) is 19.8 Å². The summed E-state index contributed by atoms with van der Waals surface area (Å²) in [6.45, 7) is 4.20. The molecule has 0 bridgehead atoms. The zero-order valence-corrected chi connectivity index (χ0v) is 10.2. The number of nitrogens with zero attached hydrogens (tertiary/aromatic N) is 2. The van der Waals surface area contributed by atoms with E-state index >= 15 is 0 Å². The molecular weight excluding hydrogens is 254 g/mol. The highest BCUT2D eigenvalue weighted by atomic mass is 79.9. The Labute approximate surface area is 96.9 Å². The highest BCUT2D eigenvalue weighted by molar-refractivity contribution is 9.10. The van der Waals surface area contributed by atoms with Gasteiger partial charge in [0, 0.05) is 9.86 Å². The topological polar surface area (TPSA) is 51.8 Å². The summed E-state index contributed by atoms with van der Waals surface area (Å²) in [6, 6.07) is 5.96. The lowest BCUT2D eigenvalue weighted by Crippen LogP contribution is -2.02. The Bertz CT molecular complexity index is 508. The van der Waals surface area contributed by atoms with Crippen LogP contribution in [-0.4, -0.2) is 9.97 Å². The van der Waals surface area contributed by atoms with Gasteiger partial charge in [0.15, 0.2) is 0 Å². The first-order chi connectivity index (χ1) is 7.09. The summed E-state index contributed by atoms with van der Waals surface area (Å²) < 4.78 is 0.955. The Hall–Kier alpha value is -1.16. The minimum Gasteiger partial charge on any atom is -0.368 e.